The summed E-state index contributed by atoms with van der Waals surface area (Å²) in [5.41, 5.74) is 20.2. The second-order valence-corrected chi connectivity index (χ2v) is 18.4. The summed E-state index contributed by atoms with van der Waals surface area (Å²) in [6.07, 6.45) is 0. The van der Waals surface area contributed by atoms with Crippen LogP contribution in [0, 0.1) is 22.7 Å². The minimum atomic E-state index is 0.662. The highest BCUT2D eigenvalue weighted by Gasteiger charge is 2.29. The van der Waals surface area contributed by atoms with E-state index in [9.17, 15) is 0 Å². The molecule has 0 atom stereocenters. The largest absolute Gasteiger partial charge is 0.325 e. The Labute approximate surface area is 430 Å². The van der Waals surface area contributed by atoms with E-state index in [2.05, 4.69) is 193 Å². The minimum Gasteiger partial charge on any atom is -0.325 e. The van der Waals surface area contributed by atoms with Crippen molar-refractivity contribution in [3.8, 4) is 68.0 Å². The predicted molar refractivity (Wildman–Crippen MR) is 299 cm³/mol. The van der Waals surface area contributed by atoms with E-state index in [1.807, 2.05) is 97.1 Å². The fourth-order valence-corrected chi connectivity index (χ4v) is 9.94. The van der Waals surface area contributed by atoms with E-state index in [1.165, 1.54) is 22.3 Å². The second-order valence-electron chi connectivity index (χ2n) is 17.5. The van der Waals surface area contributed by atoms with E-state index in [4.69, 9.17) is 20.5 Å². The average Bonchev–Trinajstić information content (AvgIpc) is 3.94. The molecule has 0 unspecified atom stereocenters. The van der Waals surface area contributed by atoms with Crippen LogP contribution in [0.4, 0.5) is 29.0 Å². The van der Waals surface area contributed by atoms with E-state index in [0.717, 1.165) is 89.1 Å². The van der Waals surface area contributed by atoms with Gasteiger partial charge in [0.2, 0.25) is 11.9 Å². The first-order valence-corrected chi connectivity index (χ1v) is 24.6. The van der Waals surface area contributed by atoms with Gasteiger partial charge in [-0.2, -0.15) is 10.5 Å². The first-order valence-electron chi connectivity index (χ1n) is 23.8. The normalized spacial score (nSPS) is 11.4. The lowest BCUT2D eigenvalue weighted by Gasteiger charge is -2.24. The number of halogens is 1. The summed E-state index contributed by atoms with van der Waals surface area (Å²) < 4.78 is 5.53. The number of hydrogen-bond donors (Lipinski definition) is 1. The summed E-state index contributed by atoms with van der Waals surface area (Å²) in [5, 5.41) is 21.3. The van der Waals surface area contributed by atoms with Gasteiger partial charge in [-0.15, -0.1) is 0 Å². The Kier molecular flexibility index (Phi) is 11.7. The van der Waals surface area contributed by atoms with Crippen molar-refractivity contribution in [3.05, 3.63) is 258 Å². The van der Waals surface area contributed by atoms with Crippen LogP contribution >= 0.6 is 15.9 Å². The van der Waals surface area contributed by atoms with Crippen molar-refractivity contribution in [2.75, 3.05) is 10.2 Å². The maximum Gasteiger partial charge on any atom is 0.220 e. The fraction of sp³-hybridized carbons (Fsp3) is 0. The van der Waals surface area contributed by atoms with E-state index >= 15 is 0 Å². The van der Waals surface area contributed by atoms with Gasteiger partial charge in [-0.1, -0.05) is 162 Å². The number of anilines is 5. The highest BCUT2D eigenvalue weighted by Crippen LogP contribution is 2.48. The van der Waals surface area contributed by atoms with Crippen molar-refractivity contribution in [3.63, 3.8) is 0 Å². The first-order chi connectivity index (χ1) is 36.0. The summed E-state index contributed by atoms with van der Waals surface area (Å²) in [6.45, 7) is 0. The molecule has 12 aromatic rings. The molecule has 1 N–H and O–H groups in total. The summed E-state index contributed by atoms with van der Waals surface area (Å²) in [6, 6.07) is 86.6. The van der Waals surface area contributed by atoms with Crippen LogP contribution < -0.4 is 10.2 Å². The molecular weight excluding hydrogens is 961 g/mol. The van der Waals surface area contributed by atoms with Crippen molar-refractivity contribution in [1.29, 1.82) is 10.5 Å². The number of nitrogens with one attached hydrogen (secondary N) is 1. The molecule has 14 rings (SSSR count). The van der Waals surface area contributed by atoms with Gasteiger partial charge < -0.3 is 5.32 Å². The van der Waals surface area contributed by atoms with Crippen molar-refractivity contribution in [1.82, 2.24) is 19.1 Å². The molecule has 0 amide bonds. The molecule has 0 spiro atoms. The van der Waals surface area contributed by atoms with Crippen LogP contribution in [-0.2, 0) is 0 Å². The van der Waals surface area contributed by atoms with E-state index in [1.54, 1.807) is 0 Å². The lowest BCUT2D eigenvalue weighted by Crippen LogP contribution is -2.14. The summed E-state index contributed by atoms with van der Waals surface area (Å²) in [7, 11) is 0. The van der Waals surface area contributed by atoms with Crippen molar-refractivity contribution in [2.45, 2.75) is 0 Å². The van der Waals surface area contributed by atoms with Crippen LogP contribution in [-0.4, -0.2) is 19.1 Å². The van der Waals surface area contributed by atoms with Gasteiger partial charge in [0.15, 0.2) is 0 Å². The minimum absolute atomic E-state index is 0.662. The van der Waals surface area contributed by atoms with Gasteiger partial charge in [0, 0.05) is 38.1 Å². The number of para-hydroxylation sites is 8. The molecule has 2 aromatic heterocycles. The van der Waals surface area contributed by atoms with Crippen molar-refractivity contribution >= 4 is 67.0 Å². The molecular formula is C64H41BrN8. The Balaban J connectivity index is 0.000000124. The van der Waals surface area contributed by atoms with Crippen LogP contribution in [0.2, 0.25) is 0 Å². The van der Waals surface area contributed by atoms with Gasteiger partial charge in [-0.05, 0) is 119 Å². The molecule has 0 aliphatic carbocycles. The van der Waals surface area contributed by atoms with E-state index in [-0.39, 0.29) is 0 Å². The second kappa shape index (κ2) is 19.2. The monoisotopic (exact) mass is 1000 g/mol. The number of aromatic nitrogens is 4. The Morgan fingerprint density at radius 1 is 0.384 bits per heavy atom. The molecule has 0 fully saturated rings. The number of nitrogens with zero attached hydrogens (tertiary/aromatic N) is 7. The quantitative estimate of drug-likeness (QED) is 0.189. The standard InChI is InChI=1S/C32H20N4.C19H13N3.C13H8BrN/c33-21-22-13-15-23(16-14-22)24-17-19-25(20-18-24)35-29-10-4-1-7-26(29)27-8-2-5-11-30(27)36-31-12-6-3-9-28(31)34-32(35)36;1-3-9-15-13(7-1)14-8-2-5-11-17(14)22-18-12-6-4-10-16(18)21-19(22)20-15;14-13-7-5-12(6-8-13)11-3-1-10(9-15)2-4-11/h1-20H;1-12H,(H,20,21);1-8H. The highest BCUT2D eigenvalue weighted by molar-refractivity contribution is 9.10. The molecule has 4 heterocycles. The van der Waals surface area contributed by atoms with Gasteiger partial charge >= 0.3 is 0 Å². The zero-order valence-corrected chi connectivity index (χ0v) is 40.7. The van der Waals surface area contributed by atoms with Crippen LogP contribution in [0.1, 0.15) is 11.1 Å². The van der Waals surface area contributed by atoms with Gasteiger partial charge in [0.25, 0.3) is 0 Å². The molecule has 0 saturated carbocycles. The van der Waals surface area contributed by atoms with Crippen molar-refractivity contribution < 1.29 is 0 Å². The molecule has 2 aliphatic rings. The lowest BCUT2D eigenvalue weighted by atomic mass is 10.0. The molecule has 344 valence electrons. The summed E-state index contributed by atoms with van der Waals surface area (Å²) in [5.74, 6) is 1.72. The van der Waals surface area contributed by atoms with Crippen LogP contribution in [0.25, 0.3) is 77.9 Å². The van der Waals surface area contributed by atoms with Crippen LogP contribution in [0.3, 0.4) is 0 Å². The molecule has 0 bridgehead atoms. The topological polar surface area (TPSA) is 98.5 Å². The highest BCUT2D eigenvalue weighted by atomic mass is 79.9. The first kappa shape index (κ1) is 44.4. The number of hydrogen-bond acceptors (Lipinski definition) is 6. The SMILES string of the molecule is N#Cc1ccc(-c2ccc(Br)cc2)cc1.N#Cc1ccc(-c2ccc(N3c4ccccc4-c4ccccc4-n4c3nc3ccccc34)cc2)cc1.c1ccc2c(c1)Nc1nc3ccccc3n1-c1ccccc1-2. The number of fused-ring (bicyclic) bond motifs is 14. The predicted octanol–water partition coefficient (Wildman–Crippen LogP) is 16.8. The van der Waals surface area contributed by atoms with Gasteiger partial charge in [0.1, 0.15) is 0 Å². The lowest BCUT2D eigenvalue weighted by molar-refractivity contribution is 1.05. The molecule has 73 heavy (non-hydrogen) atoms. The summed E-state index contributed by atoms with van der Waals surface area (Å²) in [4.78, 5) is 12.1. The Hall–Kier alpha value is -9.80. The maximum absolute atomic E-state index is 9.12. The van der Waals surface area contributed by atoms with Gasteiger partial charge in [0.05, 0.1) is 62.4 Å². The summed E-state index contributed by atoms with van der Waals surface area (Å²) >= 11 is 3.40. The Bertz CT molecular complexity index is 4090. The zero-order chi connectivity index (χ0) is 49.3. The maximum atomic E-state index is 9.12. The molecule has 9 heteroatoms. The molecule has 2 aliphatic heterocycles. The van der Waals surface area contributed by atoms with Crippen LogP contribution in [0.5, 0.6) is 0 Å². The average molecular weight is 1000 g/mol. The third-order valence-corrected chi connectivity index (χ3v) is 13.7. The molecule has 8 nitrogen and oxygen atoms in total. The third kappa shape index (κ3) is 8.36. The molecule has 0 saturated heterocycles. The smallest absolute Gasteiger partial charge is 0.220 e. The number of imidazole rings is 2. The zero-order valence-electron chi connectivity index (χ0n) is 39.1. The molecule has 10 aromatic carbocycles. The number of benzene rings is 10. The van der Waals surface area contributed by atoms with Gasteiger partial charge in [-0.3, -0.25) is 14.0 Å². The van der Waals surface area contributed by atoms with E-state index in [0.29, 0.717) is 11.1 Å². The number of nitriles is 2. The Morgan fingerprint density at radius 2 is 0.795 bits per heavy atom. The Morgan fingerprint density at radius 3 is 1.37 bits per heavy atom. The van der Waals surface area contributed by atoms with Gasteiger partial charge in [-0.25, -0.2) is 9.97 Å². The van der Waals surface area contributed by atoms with Crippen molar-refractivity contribution in [2.24, 2.45) is 0 Å². The number of rotatable bonds is 3. The molecule has 0 radical (unpaired) electrons. The van der Waals surface area contributed by atoms with E-state index < -0.39 is 0 Å². The van der Waals surface area contributed by atoms with Crippen LogP contribution in [0.15, 0.2) is 247 Å². The fourth-order valence-electron chi connectivity index (χ4n) is 9.67. The third-order valence-electron chi connectivity index (χ3n) is 13.2.